The first-order valence-corrected chi connectivity index (χ1v) is 10.5. The third-order valence-corrected chi connectivity index (χ3v) is 6.90. The van der Waals surface area contributed by atoms with E-state index in [1.807, 2.05) is 18.7 Å². The normalized spacial score (nSPS) is 18.7. The first kappa shape index (κ1) is 18.7. The van der Waals surface area contributed by atoms with Crippen molar-refractivity contribution < 1.29 is 14.1 Å². The highest BCUT2D eigenvalue weighted by molar-refractivity contribution is 7.10. The Hall–Kier alpha value is -1.70. The second-order valence-corrected chi connectivity index (χ2v) is 8.51. The summed E-state index contributed by atoms with van der Waals surface area (Å²) in [5, 5.41) is 6.12. The number of aryl methyl sites for hydroxylation is 2. The number of ether oxygens (including phenoxy) is 1. The maximum atomic E-state index is 13.0. The molecular formula is C20H27N3O3S. The molecule has 146 valence electrons. The van der Waals surface area contributed by atoms with Crippen LogP contribution in [-0.4, -0.2) is 53.7 Å². The number of carbonyl (C=O) groups excluding carboxylic acids is 1. The van der Waals surface area contributed by atoms with Crippen molar-refractivity contribution in [3.63, 3.8) is 0 Å². The van der Waals surface area contributed by atoms with Gasteiger partial charge in [0.2, 0.25) is 0 Å². The molecule has 0 spiro atoms. The molecule has 0 N–H and O–H groups in total. The Kier molecular flexibility index (Phi) is 5.34. The Morgan fingerprint density at radius 1 is 1.33 bits per heavy atom. The summed E-state index contributed by atoms with van der Waals surface area (Å²) in [6, 6.07) is 0. The number of methoxy groups -OCH3 is 1. The Balaban J connectivity index is 1.43. The fraction of sp³-hybridized carbons (Fsp3) is 0.600. The molecule has 0 aromatic carbocycles. The van der Waals surface area contributed by atoms with Gasteiger partial charge in [-0.15, -0.1) is 11.3 Å². The summed E-state index contributed by atoms with van der Waals surface area (Å²) < 4.78 is 10.7. The van der Waals surface area contributed by atoms with Crippen LogP contribution >= 0.6 is 11.3 Å². The van der Waals surface area contributed by atoms with Crippen LogP contribution in [0.1, 0.15) is 50.7 Å². The first-order valence-electron chi connectivity index (χ1n) is 9.62. The minimum Gasteiger partial charge on any atom is -0.381 e. The Morgan fingerprint density at radius 3 is 2.78 bits per heavy atom. The van der Waals surface area contributed by atoms with Gasteiger partial charge in [0.1, 0.15) is 5.76 Å². The summed E-state index contributed by atoms with van der Waals surface area (Å²) in [4.78, 5) is 18.7. The van der Waals surface area contributed by atoms with E-state index in [1.54, 1.807) is 18.4 Å². The van der Waals surface area contributed by atoms with Gasteiger partial charge in [-0.1, -0.05) is 5.16 Å². The van der Waals surface area contributed by atoms with E-state index < -0.39 is 0 Å². The monoisotopic (exact) mass is 389 g/mol. The standard InChI is InChI=1S/C20H27N3O3S/c1-13-17(14(2)26-21-13)10-22-7-6-16-18(12-27-19(16)11-22)20(24)23-8-4-15(25-3)5-9-23/h12,15H,4-11H2,1-3H3. The number of amides is 1. The van der Waals surface area contributed by atoms with E-state index in [1.165, 1.54) is 16.0 Å². The lowest BCUT2D eigenvalue weighted by atomic mass is 10.0. The number of aromatic nitrogens is 1. The number of rotatable bonds is 4. The van der Waals surface area contributed by atoms with Crippen molar-refractivity contribution in [2.75, 3.05) is 26.7 Å². The molecule has 27 heavy (non-hydrogen) atoms. The zero-order chi connectivity index (χ0) is 19.0. The molecule has 0 unspecified atom stereocenters. The second-order valence-electron chi connectivity index (χ2n) is 7.54. The van der Waals surface area contributed by atoms with E-state index in [-0.39, 0.29) is 5.91 Å². The summed E-state index contributed by atoms with van der Waals surface area (Å²) in [7, 11) is 1.76. The number of carbonyl (C=O) groups is 1. The van der Waals surface area contributed by atoms with Crippen LogP contribution in [0.4, 0.5) is 0 Å². The Bertz CT molecular complexity index is 801. The van der Waals surface area contributed by atoms with E-state index in [2.05, 4.69) is 15.4 Å². The molecule has 2 aromatic heterocycles. The summed E-state index contributed by atoms with van der Waals surface area (Å²) >= 11 is 1.72. The average Bonchev–Trinajstić information content (AvgIpc) is 3.25. The van der Waals surface area contributed by atoms with E-state index >= 15 is 0 Å². The largest absolute Gasteiger partial charge is 0.381 e. The predicted octanol–water partition coefficient (Wildman–Crippen LogP) is 3.16. The van der Waals surface area contributed by atoms with Gasteiger partial charge in [-0.3, -0.25) is 9.69 Å². The van der Waals surface area contributed by atoms with Gasteiger partial charge in [-0.2, -0.15) is 0 Å². The van der Waals surface area contributed by atoms with Crippen molar-refractivity contribution in [3.8, 4) is 0 Å². The molecule has 0 radical (unpaired) electrons. The summed E-state index contributed by atoms with van der Waals surface area (Å²) in [5.74, 6) is 1.10. The highest BCUT2D eigenvalue weighted by atomic mass is 32.1. The zero-order valence-corrected chi connectivity index (χ0v) is 17.1. The quantitative estimate of drug-likeness (QED) is 0.804. The first-order chi connectivity index (χ1) is 13.1. The third-order valence-electron chi connectivity index (χ3n) is 5.88. The second kappa shape index (κ2) is 7.73. The van der Waals surface area contributed by atoms with Gasteiger partial charge in [0.05, 0.1) is 17.4 Å². The number of piperidine rings is 1. The van der Waals surface area contributed by atoms with Crippen molar-refractivity contribution >= 4 is 17.2 Å². The molecule has 4 rings (SSSR count). The molecule has 0 saturated carbocycles. The fourth-order valence-electron chi connectivity index (χ4n) is 4.11. The van der Waals surface area contributed by atoms with E-state index in [0.717, 1.165) is 69.0 Å². The lowest BCUT2D eigenvalue weighted by Crippen LogP contribution is -2.41. The molecule has 4 heterocycles. The number of fused-ring (bicyclic) bond motifs is 1. The molecule has 6 nitrogen and oxygen atoms in total. The van der Waals surface area contributed by atoms with Crippen LogP contribution in [0.3, 0.4) is 0 Å². The van der Waals surface area contributed by atoms with Gasteiger partial charge in [0.15, 0.2) is 0 Å². The van der Waals surface area contributed by atoms with Crippen LogP contribution in [0.15, 0.2) is 9.90 Å². The molecular weight excluding hydrogens is 362 g/mol. The summed E-state index contributed by atoms with van der Waals surface area (Å²) in [5.41, 5.74) is 4.34. The molecule has 2 aromatic rings. The van der Waals surface area contributed by atoms with Gasteiger partial charge >= 0.3 is 0 Å². The molecule has 1 fully saturated rings. The fourth-order valence-corrected chi connectivity index (χ4v) is 5.23. The number of likely N-dealkylation sites (tertiary alicyclic amines) is 1. The third kappa shape index (κ3) is 3.68. The molecule has 2 aliphatic heterocycles. The Morgan fingerprint density at radius 2 is 2.11 bits per heavy atom. The zero-order valence-electron chi connectivity index (χ0n) is 16.3. The molecule has 7 heteroatoms. The maximum absolute atomic E-state index is 13.0. The number of thiophene rings is 1. The van der Waals surface area contributed by atoms with Crippen molar-refractivity contribution in [2.45, 2.75) is 52.3 Å². The highest BCUT2D eigenvalue weighted by Crippen LogP contribution is 2.31. The van der Waals surface area contributed by atoms with Gasteiger partial charge in [-0.05, 0) is 38.7 Å². The molecule has 2 aliphatic rings. The summed E-state index contributed by atoms with van der Waals surface area (Å²) in [6.45, 7) is 8.25. The van der Waals surface area contributed by atoms with Crippen LogP contribution in [-0.2, 0) is 24.2 Å². The topological polar surface area (TPSA) is 58.8 Å². The van der Waals surface area contributed by atoms with Crippen LogP contribution in [0.2, 0.25) is 0 Å². The van der Waals surface area contributed by atoms with E-state index in [0.29, 0.717) is 6.10 Å². The molecule has 1 saturated heterocycles. The van der Waals surface area contributed by atoms with Gasteiger partial charge in [-0.25, -0.2) is 0 Å². The number of hydrogen-bond donors (Lipinski definition) is 0. The van der Waals surface area contributed by atoms with Gasteiger partial charge in [0, 0.05) is 55.7 Å². The van der Waals surface area contributed by atoms with E-state index in [9.17, 15) is 4.79 Å². The molecule has 0 atom stereocenters. The minimum atomic E-state index is 0.196. The number of hydrogen-bond acceptors (Lipinski definition) is 6. The molecule has 1 amide bonds. The lowest BCUT2D eigenvalue weighted by molar-refractivity contribution is 0.0350. The maximum Gasteiger partial charge on any atom is 0.254 e. The SMILES string of the molecule is COC1CCN(C(=O)c2csc3c2CCN(Cc2c(C)noc2C)C3)CC1. The van der Waals surface area contributed by atoms with Gasteiger partial charge in [0.25, 0.3) is 5.91 Å². The van der Waals surface area contributed by atoms with Crippen LogP contribution in [0.25, 0.3) is 0 Å². The van der Waals surface area contributed by atoms with Crippen LogP contribution in [0, 0.1) is 13.8 Å². The van der Waals surface area contributed by atoms with Gasteiger partial charge < -0.3 is 14.2 Å². The molecule has 0 aliphatic carbocycles. The van der Waals surface area contributed by atoms with Crippen LogP contribution < -0.4 is 0 Å². The minimum absolute atomic E-state index is 0.196. The average molecular weight is 390 g/mol. The van der Waals surface area contributed by atoms with Crippen molar-refractivity contribution in [1.82, 2.24) is 15.0 Å². The predicted molar refractivity (Wildman–Crippen MR) is 104 cm³/mol. The Labute approximate surface area is 164 Å². The summed E-state index contributed by atoms with van der Waals surface area (Å²) in [6.07, 6.45) is 3.08. The van der Waals surface area contributed by atoms with Crippen LogP contribution in [0.5, 0.6) is 0 Å². The number of nitrogens with zero attached hydrogens (tertiary/aromatic N) is 3. The van der Waals surface area contributed by atoms with Crippen molar-refractivity contribution in [1.29, 1.82) is 0 Å². The smallest absolute Gasteiger partial charge is 0.254 e. The van der Waals surface area contributed by atoms with E-state index in [4.69, 9.17) is 9.26 Å². The molecule has 0 bridgehead atoms. The van der Waals surface area contributed by atoms with Crippen molar-refractivity contribution in [3.05, 3.63) is 38.4 Å². The van der Waals surface area contributed by atoms with Crippen molar-refractivity contribution in [2.24, 2.45) is 0 Å². The highest BCUT2D eigenvalue weighted by Gasteiger charge is 2.29. The lowest BCUT2D eigenvalue weighted by Gasteiger charge is -2.32.